The maximum atomic E-state index is 11.9. The molecule has 2 aliphatic carbocycles. The van der Waals surface area contributed by atoms with Crippen molar-refractivity contribution in [3.63, 3.8) is 0 Å². The highest BCUT2D eigenvalue weighted by molar-refractivity contribution is 5.66. The van der Waals surface area contributed by atoms with Gasteiger partial charge in [-0.05, 0) is 31.1 Å². The van der Waals surface area contributed by atoms with Crippen molar-refractivity contribution >= 4 is 5.97 Å². The second kappa shape index (κ2) is 4.73. The highest BCUT2D eigenvalue weighted by Crippen LogP contribution is 2.71. The van der Waals surface area contributed by atoms with E-state index in [4.69, 9.17) is 9.47 Å². The van der Waals surface area contributed by atoms with Gasteiger partial charge in [0.1, 0.15) is 11.9 Å². The van der Waals surface area contributed by atoms with E-state index in [0.717, 1.165) is 0 Å². The molecule has 2 saturated carbocycles. The zero-order valence-electron chi connectivity index (χ0n) is 14.6. The summed E-state index contributed by atoms with van der Waals surface area (Å²) in [6.07, 6.45) is -0.152. The molecule has 130 valence electrons. The number of hydrogen-bond donors (Lipinski definition) is 2. The van der Waals surface area contributed by atoms with Gasteiger partial charge in [0, 0.05) is 12.8 Å². The molecule has 0 bridgehead atoms. The quantitative estimate of drug-likeness (QED) is 0.723. The molecule has 7 atom stereocenters. The average molecular weight is 324 g/mol. The molecule has 5 heteroatoms. The van der Waals surface area contributed by atoms with Gasteiger partial charge in [-0.15, -0.1) is 0 Å². The number of rotatable bonds is 1. The van der Waals surface area contributed by atoms with Crippen LogP contribution < -0.4 is 0 Å². The van der Waals surface area contributed by atoms with Crippen LogP contribution in [0.3, 0.4) is 0 Å². The molecule has 5 nitrogen and oxygen atoms in total. The maximum absolute atomic E-state index is 11.9. The number of carbonyl (C=O) groups is 1. The second-order valence-electron chi connectivity index (χ2n) is 8.62. The van der Waals surface area contributed by atoms with E-state index >= 15 is 0 Å². The minimum Gasteiger partial charge on any atom is -0.469 e. The summed E-state index contributed by atoms with van der Waals surface area (Å²) in [6.45, 7) is 13.5. The normalized spacial score (nSPS) is 50.9. The van der Waals surface area contributed by atoms with Gasteiger partial charge in [-0.3, -0.25) is 4.79 Å². The lowest BCUT2D eigenvalue weighted by atomic mass is 9.54. The van der Waals surface area contributed by atoms with E-state index in [-0.39, 0.29) is 29.3 Å². The molecule has 0 spiro atoms. The van der Waals surface area contributed by atoms with Gasteiger partial charge in [-0.2, -0.15) is 0 Å². The number of aliphatic hydroxyl groups is 2. The molecule has 0 radical (unpaired) electrons. The highest BCUT2D eigenvalue weighted by Gasteiger charge is 2.76. The summed E-state index contributed by atoms with van der Waals surface area (Å²) in [4.78, 5) is 11.6. The van der Waals surface area contributed by atoms with E-state index < -0.39 is 23.2 Å². The topological polar surface area (TPSA) is 76.0 Å². The standard InChI is InChI=1S/C18H28O5/c1-9-7-12(23-11(3)19)14-16(4,5)8-17(6)10(2)22-15(20)13(9)18(14,17)21/h9,12-15,20-21H,2,7-8H2,1,3-6H3. The van der Waals surface area contributed by atoms with Crippen LogP contribution in [0.4, 0.5) is 0 Å². The molecular formula is C18H28O5. The third-order valence-corrected chi connectivity index (χ3v) is 6.61. The number of hydrogen-bond acceptors (Lipinski definition) is 5. The van der Waals surface area contributed by atoms with Crippen LogP contribution in [0.5, 0.6) is 0 Å². The molecule has 3 aliphatic rings. The lowest BCUT2D eigenvalue weighted by Gasteiger charge is -2.59. The van der Waals surface area contributed by atoms with Gasteiger partial charge in [0.25, 0.3) is 0 Å². The molecule has 7 unspecified atom stereocenters. The molecule has 0 aromatic heterocycles. The van der Waals surface area contributed by atoms with E-state index in [2.05, 4.69) is 20.4 Å². The van der Waals surface area contributed by atoms with Crippen molar-refractivity contribution in [3.8, 4) is 0 Å². The van der Waals surface area contributed by atoms with Crippen LogP contribution >= 0.6 is 0 Å². The highest BCUT2D eigenvalue weighted by atomic mass is 16.6. The lowest BCUT2D eigenvalue weighted by molar-refractivity contribution is -0.295. The first-order valence-corrected chi connectivity index (χ1v) is 8.39. The molecule has 0 aromatic carbocycles. The Morgan fingerprint density at radius 1 is 1.39 bits per heavy atom. The summed E-state index contributed by atoms with van der Waals surface area (Å²) in [7, 11) is 0. The molecule has 23 heavy (non-hydrogen) atoms. The zero-order chi connectivity index (χ0) is 17.4. The Balaban J connectivity index is 2.17. The summed E-state index contributed by atoms with van der Waals surface area (Å²) in [5.41, 5.74) is -2.14. The lowest BCUT2D eigenvalue weighted by Crippen LogP contribution is -2.68. The molecule has 0 aromatic rings. The largest absolute Gasteiger partial charge is 0.469 e. The maximum Gasteiger partial charge on any atom is 0.302 e. The Labute approximate surface area is 137 Å². The van der Waals surface area contributed by atoms with Crippen LogP contribution in [0.15, 0.2) is 12.3 Å². The number of esters is 1. The Morgan fingerprint density at radius 3 is 2.57 bits per heavy atom. The van der Waals surface area contributed by atoms with E-state index in [1.54, 1.807) is 0 Å². The smallest absolute Gasteiger partial charge is 0.302 e. The Bertz CT molecular complexity index is 556. The van der Waals surface area contributed by atoms with Gasteiger partial charge in [0.15, 0.2) is 0 Å². The predicted octanol–water partition coefficient (Wildman–Crippen LogP) is 2.22. The molecule has 1 aliphatic heterocycles. The summed E-state index contributed by atoms with van der Waals surface area (Å²) in [5, 5.41) is 22.4. The Hall–Kier alpha value is -1.07. The summed E-state index contributed by atoms with van der Waals surface area (Å²) in [5.74, 6) is -0.621. The Morgan fingerprint density at radius 2 is 2.00 bits per heavy atom. The fourth-order valence-corrected chi connectivity index (χ4v) is 6.05. The summed E-state index contributed by atoms with van der Waals surface area (Å²) >= 11 is 0. The molecular weight excluding hydrogens is 296 g/mol. The van der Waals surface area contributed by atoms with Gasteiger partial charge in [-0.25, -0.2) is 0 Å². The van der Waals surface area contributed by atoms with Crippen LogP contribution in [0.25, 0.3) is 0 Å². The fourth-order valence-electron chi connectivity index (χ4n) is 6.05. The molecule has 0 amide bonds. The van der Waals surface area contributed by atoms with Gasteiger partial charge < -0.3 is 19.7 Å². The van der Waals surface area contributed by atoms with Crippen LogP contribution in [0, 0.1) is 28.6 Å². The van der Waals surface area contributed by atoms with Crippen LogP contribution in [-0.4, -0.2) is 34.2 Å². The first kappa shape index (κ1) is 16.8. The number of carbonyl (C=O) groups excluding carboxylic acids is 1. The van der Waals surface area contributed by atoms with Gasteiger partial charge in [0.05, 0.1) is 16.9 Å². The molecule has 3 fully saturated rings. The SMILES string of the molecule is C=C1OC(O)C2C(C)CC(OC(C)=O)C3C(C)(C)CC1(C)C23O. The molecule has 1 saturated heterocycles. The van der Waals surface area contributed by atoms with Gasteiger partial charge in [-0.1, -0.05) is 27.4 Å². The molecule has 1 heterocycles. The van der Waals surface area contributed by atoms with E-state index in [1.807, 2.05) is 13.8 Å². The first-order valence-electron chi connectivity index (χ1n) is 8.39. The zero-order valence-corrected chi connectivity index (χ0v) is 14.6. The molecule has 2 N–H and O–H groups in total. The van der Waals surface area contributed by atoms with E-state index in [0.29, 0.717) is 18.6 Å². The minimum atomic E-state index is -1.21. The predicted molar refractivity (Wildman–Crippen MR) is 84.0 cm³/mol. The van der Waals surface area contributed by atoms with Gasteiger partial charge in [0.2, 0.25) is 6.29 Å². The van der Waals surface area contributed by atoms with E-state index in [1.165, 1.54) is 6.92 Å². The summed E-state index contributed by atoms with van der Waals surface area (Å²) in [6, 6.07) is 0. The van der Waals surface area contributed by atoms with Gasteiger partial charge >= 0.3 is 5.97 Å². The Kier molecular flexibility index (Phi) is 3.45. The molecule has 3 rings (SSSR count). The van der Waals surface area contributed by atoms with Crippen LogP contribution in [0.1, 0.15) is 47.5 Å². The second-order valence-corrected chi connectivity index (χ2v) is 8.62. The van der Waals surface area contributed by atoms with Crippen molar-refractivity contribution in [2.24, 2.45) is 28.6 Å². The van der Waals surface area contributed by atoms with Crippen molar-refractivity contribution in [2.75, 3.05) is 0 Å². The number of aliphatic hydroxyl groups excluding tert-OH is 1. The third kappa shape index (κ3) is 1.96. The van der Waals surface area contributed by atoms with Crippen molar-refractivity contribution in [2.45, 2.75) is 65.5 Å². The monoisotopic (exact) mass is 324 g/mol. The van der Waals surface area contributed by atoms with Crippen molar-refractivity contribution in [3.05, 3.63) is 12.3 Å². The van der Waals surface area contributed by atoms with Crippen molar-refractivity contribution in [1.29, 1.82) is 0 Å². The van der Waals surface area contributed by atoms with Crippen molar-refractivity contribution < 1.29 is 24.5 Å². The summed E-state index contributed by atoms with van der Waals surface area (Å²) < 4.78 is 11.2. The number of ether oxygens (including phenoxy) is 2. The average Bonchev–Trinajstić information content (AvgIpc) is 2.51. The van der Waals surface area contributed by atoms with Crippen LogP contribution in [0.2, 0.25) is 0 Å². The third-order valence-electron chi connectivity index (χ3n) is 6.61. The first-order chi connectivity index (χ1) is 10.4. The van der Waals surface area contributed by atoms with Crippen molar-refractivity contribution in [1.82, 2.24) is 0 Å². The fraction of sp³-hybridized carbons (Fsp3) is 0.833. The van der Waals surface area contributed by atoms with Crippen LogP contribution in [-0.2, 0) is 14.3 Å². The minimum absolute atomic E-state index is 0.0306. The van der Waals surface area contributed by atoms with E-state index in [9.17, 15) is 15.0 Å².